The van der Waals surface area contributed by atoms with Crippen molar-refractivity contribution in [3.8, 4) is 5.75 Å². The number of aryl methyl sites for hydroxylation is 1. The summed E-state index contributed by atoms with van der Waals surface area (Å²) in [5.74, 6) is 0.224. The fraction of sp³-hybridized carbons (Fsp3) is 0.148. The van der Waals surface area contributed by atoms with Gasteiger partial charge in [0, 0.05) is 28.7 Å². The molecule has 37 heavy (non-hydrogen) atoms. The predicted octanol–water partition coefficient (Wildman–Crippen LogP) is 5.72. The van der Waals surface area contributed by atoms with E-state index < -0.39 is 6.03 Å². The Hall–Kier alpha value is -4.01. The number of benzene rings is 3. The van der Waals surface area contributed by atoms with E-state index in [0.717, 1.165) is 16.6 Å². The number of amides is 3. The Morgan fingerprint density at radius 3 is 2.54 bits per heavy atom. The second-order valence-corrected chi connectivity index (χ2v) is 8.96. The predicted molar refractivity (Wildman–Crippen MR) is 147 cm³/mol. The second kappa shape index (κ2) is 11.8. The van der Waals surface area contributed by atoms with Crippen LogP contribution in [-0.4, -0.2) is 30.5 Å². The van der Waals surface area contributed by atoms with Gasteiger partial charge in [0.05, 0.1) is 22.9 Å². The van der Waals surface area contributed by atoms with E-state index in [1.165, 1.54) is 4.90 Å². The molecule has 4 aromatic rings. The zero-order chi connectivity index (χ0) is 26.4. The lowest BCUT2D eigenvalue weighted by molar-refractivity contribution is -0.117. The van der Waals surface area contributed by atoms with Crippen molar-refractivity contribution in [2.45, 2.75) is 13.5 Å². The number of carbonyl (C=O) groups excluding carboxylic acids is 2. The molecule has 0 spiro atoms. The normalized spacial score (nSPS) is 10.6. The van der Waals surface area contributed by atoms with Gasteiger partial charge in [0.2, 0.25) is 5.91 Å². The fourth-order valence-corrected chi connectivity index (χ4v) is 4.17. The van der Waals surface area contributed by atoms with E-state index in [-0.39, 0.29) is 24.1 Å². The maximum absolute atomic E-state index is 12.8. The molecule has 1 aromatic heterocycles. The molecule has 0 atom stereocenters. The zero-order valence-electron chi connectivity index (χ0n) is 20.2. The van der Waals surface area contributed by atoms with E-state index in [9.17, 15) is 9.59 Å². The third kappa shape index (κ3) is 6.41. The van der Waals surface area contributed by atoms with Gasteiger partial charge in [0.25, 0.3) is 0 Å². The standard InChI is InChI=1S/C27H25Cl2N5O3/c1-17-11-12-18-7-6-10-23(26(18)31-17)37-16-20-21(28)13-14-22(25(20)29)34(2)24(35)15-30-27(36)33-32-19-8-4-3-5-9-19/h3-14,32H,15-16H2,1-2H3,(H2,30,33,36). The molecule has 0 unspecified atom stereocenters. The van der Waals surface area contributed by atoms with Crippen LogP contribution >= 0.6 is 23.2 Å². The minimum Gasteiger partial charge on any atom is -0.487 e. The number of likely N-dealkylation sites (N-methyl/N-ethyl adjacent to an activating group) is 1. The Kier molecular flexibility index (Phi) is 8.32. The summed E-state index contributed by atoms with van der Waals surface area (Å²) in [5.41, 5.74) is 8.51. The number of nitrogens with one attached hydrogen (secondary N) is 3. The minimum atomic E-state index is -0.555. The van der Waals surface area contributed by atoms with Gasteiger partial charge < -0.3 is 15.0 Å². The highest BCUT2D eigenvalue weighted by molar-refractivity contribution is 6.38. The number of halogens is 2. The number of urea groups is 1. The molecule has 190 valence electrons. The van der Waals surface area contributed by atoms with Crippen LogP contribution in [-0.2, 0) is 11.4 Å². The minimum absolute atomic E-state index is 0.0775. The Balaban J connectivity index is 1.40. The van der Waals surface area contributed by atoms with Crippen molar-refractivity contribution in [1.82, 2.24) is 15.7 Å². The molecule has 3 amide bonds. The van der Waals surface area contributed by atoms with Crippen LogP contribution in [0.15, 0.2) is 72.8 Å². The Bertz CT molecular complexity index is 1430. The molecule has 8 nitrogen and oxygen atoms in total. The number of hydrogen-bond acceptors (Lipinski definition) is 5. The van der Waals surface area contributed by atoms with Crippen molar-refractivity contribution in [2.75, 3.05) is 23.9 Å². The monoisotopic (exact) mass is 537 g/mol. The van der Waals surface area contributed by atoms with E-state index in [1.54, 1.807) is 31.3 Å². The summed E-state index contributed by atoms with van der Waals surface area (Å²) in [6, 6.07) is 21.5. The molecule has 0 radical (unpaired) electrons. The average Bonchev–Trinajstić information content (AvgIpc) is 2.90. The summed E-state index contributed by atoms with van der Waals surface area (Å²) in [4.78, 5) is 30.8. The molecule has 3 N–H and O–H groups in total. The van der Waals surface area contributed by atoms with Crippen molar-refractivity contribution >= 4 is 57.4 Å². The lowest BCUT2D eigenvalue weighted by atomic mass is 10.1. The van der Waals surface area contributed by atoms with E-state index in [2.05, 4.69) is 21.2 Å². The number of fused-ring (bicyclic) bond motifs is 1. The van der Waals surface area contributed by atoms with Crippen LogP contribution in [0.4, 0.5) is 16.2 Å². The summed E-state index contributed by atoms with van der Waals surface area (Å²) in [6.07, 6.45) is 0. The maximum atomic E-state index is 12.8. The first-order valence-corrected chi connectivity index (χ1v) is 12.2. The van der Waals surface area contributed by atoms with Gasteiger partial charge in [-0.1, -0.05) is 59.6 Å². The quantitative estimate of drug-likeness (QED) is 0.250. The lowest BCUT2D eigenvalue weighted by Crippen LogP contribution is -2.44. The van der Waals surface area contributed by atoms with Gasteiger partial charge in [-0.2, -0.15) is 0 Å². The SMILES string of the molecule is Cc1ccc2cccc(OCc3c(Cl)ccc(N(C)C(=O)CNC(=O)NNc4ccccc4)c3Cl)c2n1. The number of hydrogen-bond donors (Lipinski definition) is 3. The summed E-state index contributed by atoms with van der Waals surface area (Å²) < 4.78 is 6.05. The number of pyridine rings is 1. The van der Waals surface area contributed by atoms with E-state index in [1.807, 2.05) is 55.5 Å². The number of anilines is 2. The first-order chi connectivity index (χ1) is 17.8. The number of rotatable bonds is 8. The number of ether oxygens (including phenoxy) is 1. The Labute approximate surface area is 224 Å². The number of nitrogens with zero attached hydrogens (tertiary/aromatic N) is 2. The molecule has 0 aliphatic carbocycles. The molecule has 10 heteroatoms. The molecule has 0 aliphatic rings. The molecular formula is C27H25Cl2N5O3. The maximum Gasteiger partial charge on any atom is 0.333 e. The van der Waals surface area contributed by atoms with Crippen LogP contribution in [0.2, 0.25) is 10.0 Å². The second-order valence-electron chi connectivity index (χ2n) is 8.18. The third-order valence-electron chi connectivity index (χ3n) is 5.59. The molecule has 0 saturated heterocycles. The molecule has 4 rings (SSSR count). The third-order valence-corrected chi connectivity index (χ3v) is 6.37. The van der Waals surface area contributed by atoms with Gasteiger partial charge in [0.1, 0.15) is 17.9 Å². The smallest absolute Gasteiger partial charge is 0.333 e. The van der Waals surface area contributed by atoms with Crippen LogP contribution in [0, 0.1) is 6.92 Å². The first kappa shape index (κ1) is 26.1. The highest BCUT2D eigenvalue weighted by Gasteiger charge is 2.19. The topological polar surface area (TPSA) is 95.6 Å². The largest absolute Gasteiger partial charge is 0.487 e. The highest BCUT2D eigenvalue weighted by Crippen LogP contribution is 2.35. The molecular weight excluding hydrogens is 513 g/mol. The Morgan fingerprint density at radius 2 is 1.76 bits per heavy atom. The summed E-state index contributed by atoms with van der Waals surface area (Å²) in [5, 5.41) is 4.15. The molecule has 0 saturated carbocycles. The number of carbonyl (C=O) groups is 2. The number of aromatic nitrogens is 1. The van der Waals surface area contributed by atoms with Crippen LogP contribution in [0.1, 0.15) is 11.3 Å². The average molecular weight is 538 g/mol. The van der Waals surface area contributed by atoms with Crippen molar-refractivity contribution in [3.05, 3.63) is 94.1 Å². The molecule has 1 heterocycles. The van der Waals surface area contributed by atoms with Crippen molar-refractivity contribution < 1.29 is 14.3 Å². The van der Waals surface area contributed by atoms with Gasteiger partial charge in [-0.05, 0) is 43.3 Å². The van der Waals surface area contributed by atoms with Gasteiger partial charge in [-0.15, -0.1) is 0 Å². The van der Waals surface area contributed by atoms with Gasteiger partial charge in [-0.3, -0.25) is 15.6 Å². The molecule has 3 aromatic carbocycles. The first-order valence-electron chi connectivity index (χ1n) is 11.4. The molecule has 0 bridgehead atoms. The highest BCUT2D eigenvalue weighted by atomic mass is 35.5. The van der Waals surface area contributed by atoms with Crippen LogP contribution in [0.25, 0.3) is 10.9 Å². The van der Waals surface area contributed by atoms with Gasteiger partial charge in [-0.25, -0.2) is 9.78 Å². The zero-order valence-corrected chi connectivity index (χ0v) is 21.7. The fourth-order valence-electron chi connectivity index (χ4n) is 3.56. The van der Waals surface area contributed by atoms with E-state index in [4.69, 9.17) is 27.9 Å². The molecule has 0 fully saturated rings. The molecule has 0 aliphatic heterocycles. The van der Waals surface area contributed by atoms with E-state index >= 15 is 0 Å². The summed E-state index contributed by atoms with van der Waals surface area (Å²) >= 11 is 13.1. The number of para-hydroxylation sites is 2. The number of hydrazine groups is 1. The van der Waals surface area contributed by atoms with Crippen LogP contribution in [0.3, 0.4) is 0 Å². The van der Waals surface area contributed by atoms with Crippen molar-refractivity contribution in [3.63, 3.8) is 0 Å². The van der Waals surface area contributed by atoms with Crippen molar-refractivity contribution in [1.29, 1.82) is 0 Å². The van der Waals surface area contributed by atoms with Crippen LogP contribution < -0.4 is 25.8 Å². The lowest BCUT2D eigenvalue weighted by Gasteiger charge is -2.21. The van der Waals surface area contributed by atoms with Gasteiger partial charge in [0.15, 0.2) is 0 Å². The van der Waals surface area contributed by atoms with Crippen LogP contribution in [0.5, 0.6) is 5.75 Å². The van der Waals surface area contributed by atoms with E-state index in [0.29, 0.717) is 27.7 Å². The summed E-state index contributed by atoms with van der Waals surface area (Å²) in [6.45, 7) is 1.75. The van der Waals surface area contributed by atoms with Gasteiger partial charge >= 0.3 is 6.03 Å². The van der Waals surface area contributed by atoms with Crippen molar-refractivity contribution in [2.24, 2.45) is 0 Å². The Morgan fingerprint density at radius 1 is 0.973 bits per heavy atom. The summed E-state index contributed by atoms with van der Waals surface area (Å²) in [7, 11) is 1.57.